The second-order valence-electron chi connectivity index (χ2n) is 2.52. The average Bonchev–Trinajstić information content (AvgIpc) is 2.24. The Kier molecular flexibility index (Phi) is 21.3. The van der Waals surface area contributed by atoms with Crippen molar-refractivity contribution in [3.05, 3.63) is 12.2 Å². The third-order valence-corrected chi connectivity index (χ3v) is 1.15. The molecule has 0 saturated heterocycles. The van der Waals surface area contributed by atoms with Gasteiger partial charge in [-0.1, -0.05) is 0 Å². The Morgan fingerprint density at radius 3 is 1.25 bits per heavy atom. The van der Waals surface area contributed by atoms with Gasteiger partial charge in [-0.25, -0.2) is 4.79 Å². The zero-order valence-electron chi connectivity index (χ0n) is 10.2. The maximum absolute atomic E-state index is 9.74. The first kappa shape index (κ1) is 28.0. The number of aliphatic hydroxyl groups excluding tert-OH is 2. The van der Waals surface area contributed by atoms with E-state index in [4.69, 9.17) is 15.3 Å². The predicted molar refractivity (Wildman–Crippen MR) is 49.6 cm³/mol. The molecule has 3 N–H and O–H groups in total. The molecule has 0 saturated carbocycles. The summed E-state index contributed by atoms with van der Waals surface area (Å²) in [4.78, 5) is 38.2. The van der Waals surface area contributed by atoms with Crippen LogP contribution in [0.25, 0.3) is 0 Å². The summed E-state index contributed by atoms with van der Waals surface area (Å²) in [5.74, 6) is -6.92. The van der Waals surface area contributed by atoms with E-state index in [9.17, 15) is 34.5 Å². The van der Waals surface area contributed by atoms with Gasteiger partial charge in [0.2, 0.25) is 0 Å². The molecule has 2 unspecified atom stereocenters. The maximum atomic E-state index is 9.74. The molecule has 2 atom stereocenters. The second-order valence-corrected chi connectivity index (χ2v) is 2.52. The van der Waals surface area contributed by atoms with Gasteiger partial charge in [0.15, 0.2) is 6.10 Å². The minimum absolute atomic E-state index is 0. The maximum Gasteiger partial charge on any atom is 2.00 e. The number of carbonyl (C=O) groups excluding carboxylic acids is 3. The fraction of sp³-hybridized carbons (Fsp3) is 0.250. The monoisotopic (exact) mass is 326 g/mol. The van der Waals surface area contributed by atoms with Gasteiger partial charge < -0.3 is 45.0 Å². The van der Waals surface area contributed by atoms with E-state index in [0.717, 1.165) is 0 Å². The summed E-state index contributed by atoms with van der Waals surface area (Å²) < 4.78 is 0. The van der Waals surface area contributed by atoms with Crippen LogP contribution in [-0.4, -0.2) is 89.1 Å². The van der Waals surface area contributed by atoms with Crippen molar-refractivity contribution in [3.8, 4) is 0 Å². The summed E-state index contributed by atoms with van der Waals surface area (Å²) in [5.41, 5.74) is 0. The molecule has 0 aliphatic carbocycles. The number of carboxylic acids is 4. The van der Waals surface area contributed by atoms with Crippen LogP contribution in [0.15, 0.2) is 12.2 Å². The van der Waals surface area contributed by atoms with Crippen molar-refractivity contribution >= 4 is 61.6 Å². The molecule has 0 aromatic rings. The molecule has 0 aromatic heterocycles. The molecule has 0 rings (SSSR count). The Hall–Kier alpha value is -0.200. The molecule has 0 spiro atoms. The van der Waals surface area contributed by atoms with Gasteiger partial charge in [0.1, 0.15) is 6.10 Å². The van der Waals surface area contributed by atoms with Crippen molar-refractivity contribution in [2.45, 2.75) is 12.2 Å². The van der Waals surface area contributed by atoms with Crippen molar-refractivity contribution in [2.24, 2.45) is 0 Å². The molecule has 12 heteroatoms. The van der Waals surface area contributed by atoms with Crippen LogP contribution in [0.5, 0.6) is 0 Å². The first-order valence-electron chi connectivity index (χ1n) is 3.99. The Morgan fingerprint density at radius 2 is 1.15 bits per heavy atom. The van der Waals surface area contributed by atoms with Crippen molar-refractivity contribution < 1.29 is 79.4 Å². The van der Waals surface area contributed by atoms with Crippen LogP contribution in [0, 0.1) is 0 Å². The molecule has 0 aromatic carbocycles. The van der Waals surface area contributed by atoms with Crippen molar-refractivity contribution in [2.75, 3.05) is 0 Å². The molecule has 0 bridgehead atoms. The molecule has 0 amide bonds. The van der Waals surface area contributed by atoms with E-state index in [-0.39, 0.29) is 67.3 Å². The normalized spacial score (nSPS) is 11.7. The van der Waals surface area contributed by atoms with E-state index in [1.807, 2.05) is 0 Å². The van der Waals surface area contributed by atoms with Gasteiger partial charge >= 0.3 is 73.3 Å². The summed E-state index contributed by atoms with van der Waals surface area (Å²) in [6, 6.07) is 0. The SMILES string of the molecule is O=C([O-])/C=C\C(=O)[O-].O=C([O-])C(O)C(O)C(=O)O.[Ca+2].[Na+]. The molecule has 10 nitrogen and oxygen atoms in total. The van der Waals surface area contributed by atoms with E-state index in [0.29, 0.717) is 12.2 Å². The molecule has 0 fully saturated rings. The number of aliphatic hydroxyl groups is 2. The van der Waals surface area contributed by atoms with Crippen LogP contribution in [-0.2, 0) is 19.2 Å². The van der Waals surface area contributed by atoms with E-state index < -0.39 is 36.1 Å². The summed E-state index contributed by atoms with van der Waals surface area (Å²) in [6.07, 6.45) is -3.94. The molecule has 0 aliphatic rings. The van der Waals surface area contributed by atoms with Crippen LogP contribution >= 0.6 is 0 Å². The summed E-state index contributed by atoms with van der Waals surface area (Å²) >= 11 is 0. The molecule has 0 aliphatic heterocycles. The fourth-order valence-electron chi connectivity index (χ4n) is 0.400. The molecule has 0 heterocycles. The van der Waals surface area contributed by atoms with Gasteiger partial charge in [-0.05, 0) is 12.2 Å². The third kappa shape index (κ3) is 17.8. The summed E-state index contributed by atoms with van der Waals surface area (Å²) in [7, 11) is 0. The van der Waals surface area contributed by atoms with E-state index >= 15 is 0 Å². The minimum Gasteiger partial charge on any atom is -0.547 e. The molecule has 20 heavy (non-hydrogen) atoms. The molecular weight excluding hydrogens is 319 g/mol. The van der Waals surface area contributed by atoms with Crippen molar-refractivity contribution in [1.82, 2.24) is 0 Å². The smallest absolute Gasteiger partial charge is 0.547 e. The quantitative estimate of drug-likeness (QED) is 0.322. The van der Waals surface area contributed by atoms with Crippen molar-refractivity contribution in [3.63, 3.8) is 0 Å². The van der Waals surface area contributed by atoms with Gasteiger partial charge in [-0.3, -0.25) is 0 Å². The van der Waals surface area contributed by atoms with Gasteiger partial charge in [-0.2, -0.15) is 0 Å². The van der Waals surface area contributed by atoms with Gasteiger partial charge in [-0.15, -0.1) is 0 Å². The summed E-state index contributed by atoms with van der Waals surface area (Å²) in [6.45, 7) is 0. The Morgan fingerprint density at radius 1 is 0.850 bits per heavy atom. The Bertz CT molecular complexity index is 334. The van der Waals surface area contributed by atoms with E-state index in [1.165, 1.54) is 0 Å². The van der Waals surface area contributed by atoms with E-state index in [2.05, 4.69) is 0 Å². The number of hydrogen-bond acceptors (Lipinski definition) is 9. The van der Waals surface area contributed by atoms with Crippen molar-refractivity contribution in [1.29, 1.82) is 0 Å². The molecule has 102 valence electrons. The van der Waals surface area contributed by atoms with Gasteiger partial charge in [0.05, 0.1) is 17.9 Å². The molecule has 0 radical (unpaired) electrons. The first-order chi connectivity index (χ1) is 8.09. The number of carboxylic acid groups (broad SMARTS) is 4. The van der Waals surface area contributed by atoms with Crippen LogP contribution in [0.1, 0.15) is 0 Å². The third-order valence-electron chi connectivity index (χ3n) is 1.15. The number of carbonyl (C=O) groups is 4. The number of aliphatic carboxylic acids is 4. The zero-order valence-corrected chi connectivity index (χ0v) is 14.4. The zero-order chi connectivity index (χ0) is 14.9. The van der Waals surface area contributed by atoms with Crippen LogP contribution in [0.3, 0.4) is 0 Å². The van der Waals surface area contributed by atoms with Crippen LogP contribution in [0.4, 0.5) is 0 Å². The van der Waals surface area contributed by atoms with Crippen LogP contribution in [0.2, 0.25) is 0 Å². The number of rotatable bonds is 5. The van der Waals surface area contributed by atoms with Crippen LogP contribution < -0.4 is 44.9 Å². The topological polar surface area (TPSA) is 198 Å². The summed E-state index contributed by atoms with van der Waals surface area (Å²) in [5, 5.41) is 53.0. The first-order valence-corrected chi connectivity index (χ1v) is 3.99. The average molecular weight is 326 g/mol. The Balaban J connectivity index is -0.000000119. The number of hydrogen-bond donors (Lipinski definition) is 3. The second kappa shape index (κ2) is 15.2. The van der Waals surface area contributed by atoms with Gasteiger partial charge in [0.25, 0.3) is 0 Å². The fourth-order valence-corrected chi connectivity index (χ4v) is 0.400. The standard InChI is InChI=1S/C4H6O6.C4H4O4.Ca.Na/c5-1(3(7)8)2(6)4(9)10;5-3(6)1-2-4(7)8;;/h1-2,5-6H,(H,7,8)(H,9,10);1-2H,(H,5,6)(H,7,8);;/q;;+2;+1/p-3/b;2-1-;;. The van der Waals surface area contributed by atoms with E-state index in [1.54, 1.807) is 0 Å². The largest absolute Gasteiger partial charge is 2.00 e. The minimum atomic E-state index is -2.38. The Labute approximate surface area is 164 Å². The molecular formula is C8H7CaNaO10. The van der Waals surface area contributed by atoms with Gasteiger partial charge in [0, 0.05) is 0 Å². The predicted octanol–water partition coefficient (Wildman–Crippen LogP) is -9.79.